The quantitative estimate of drug-likeness (QED) is 0.660. The molecule has 4 heteroatoms. The minimum absolute atomic E-state index is 0.614. The number of nitrogens with one attached hydrogen (secondary N) is 1. The van der Waals surface area contributed by atoms with Crippen LogP contribution in [0.15, 0.2) is 17.5 Å². The van der Waals surface area contributed by atoms with Crippen LogP contribution in [0, 0.1) is 0 Å². The second kappa shape index (κ2) is 9.50. The van der Waals surface area contributed by atoms with Gasteiger partial charge in [0.05, 0.1) is 6.61 Å². The van der Waals surface area contributed by atoms with Gasteiger partial charge in [-0.3, -0.25) is 0 Å². The number of hydrogen-bond donors (Lipinski definition) is 1. The van der Waals surface area contributed by atoms with Crippen molar-refractivity contribution in [1.29, 1.82) is 0 Å². The molecule has 0 aliphatic rings. The van der Waals surface area contributed by atoms with Crippen LogP contribution in [0.3, 0.4) is 0 Å². The molecule has 1 unspecified atom stereocenters. The van der Waals surface area contributed by atoms with Crippen molar-refractivity contribution >= 4 is 11.3 Å². The fourth-order valence-corrected chi connectivity index (χ4v) is 2.68. The Bertz CT molecular complexity index is 290. The zero-order valence-electron chi connectivity index (χ0n) is 11.8. The standard InChI is InChI=1S/C14H26N2OS/c1-13(12-14-6-4-11-18-14)16(2)9-5-7-15-8-10-17-3/h4,6,11,13,15H,5,7-10,12H2,1-3H3. The van der Waals surface area contributed by atoms with Crippen molar-refractivity contribution in [2.45, 2.75) is 25.8 Å². The van der Waals surface area contributed by atoms with Crippen LogP contribution in [0.25, 0.3) is 0 Å². The van der Waals surface area contributed by atoms with Crippen molar-refractivity contribution < 1.29 is 4.74 Å². The number of rotatable bonds is 10. The summed E-state index contributed by atoms with van der Waals surface area (Å²) in [6.07, 6.45) is 2.35. The predicted octanol–water partition coefficient (Wildman–Crippen LogP) is 2.24. The molecule has 18 heavy (non-hydrogen) atoms. The average molecular weight is 270 g/mol. The average Bonchev–Trinajstić information content (AvgIpc) is 2.86. The lowest BCUT2D eigenvalue weighted by Gasteiger charge is -2.24. The molecule has 1 aromatic heterocycles. The van der Waals surface area contributed by atoms with E-state index in [0.717, 1.165) is 32.7 Å². The highest BCUT2D eigenvalue weighted by molar-refractivity contribution is 7.09. The molecule has 0 spiro atoms. The van der Waals surface area contributed by atoms with Gasteiger partial charge in [0.1, 0.15) is 0 Å². The first-order chi connectivity index (χ1) is 8.74. The van der Waals surface area contributed by atoms with E-state index in [9.17, 15) is 0 Å². The predicted molar refractivity (Wildman–Crippen MR) is 79.5 cm³/mol. The van der Waals surface area contributed by atoms with Gasteiger partial charge in [0.15, 0.2) is 0 Å². The molecule has 1 rings (SSSR count). The van der Waals surface area contributed by atoms with Crippen molar-refractivity contribution in [3.63, 3.8) is 0 Å². The monoisotopic (exact) mass is 270 g/mol. The SMILES string of the molecule is COCCNCCCN(C)C(C)Cc1cccs1. The van der Waals surface area contributed by atoms with Gasteiger partial charge < -0.3 is 15.0 Å². The van der Waals surface area contributed by atoms with Crippen LogP contribution in [0.2, 0.25) is 0 Å². The second-order valence-corrected chi connectivity index (χ2v) is 5.74. The molecule has 0 amide bonds. The van der Waals surface area contributed by atoms with E-state index >= 15 is 0 Å². The highest BCUT2D eigenvalue weighted by Crippen LogP contribution is 2.13. The first-order valence-corrected chi connectivity index (χ1v) is 7.54. The Morgan fingerprint density at radius 2 is 2.28 bits per heavy atom. The van der Waals surface area contributed by atoms with E-state index < -0.39 is 0 Å². The summed E-state index contributed by atoms with van der Waals surface area (Å²) in [5.41, 5.74) is 0. The summed E-state index contributed by atoms with van der Waals surface area (Å²) < 4.78 is 4.99. The van der Waals surface area contributed by atoms with E-state index in [2.05, 4.69) is 41.7 Å². The Morgan fingerprint density at radius 1 is 1.44 bits per heavy atom. The minimum atomic E-state index is 0.614. The molecule has 0 aliphatic carbocycles. The van der Waals surface area contributed by atoms with Gasteiger partial charge in [-0.25, -0.2) is 0 Å². The smallest absolute Gasteiger partial charge is 0.0587 e. The molecule has 0 saturated carbocycles. The highest BCUT2D eigenvalue weighted by atomic mass is 32.1. The first-order valence-electron chi connectivity index (χ1n) is 6.66. The maximum Gasteiger partial charge on any atom is 0.0587 e. The van der Waals surface area contributed by atoms with Gasteiger partial charge in [0, 0.05) is 24.6 Å². The lowest BCUT2D eigenvalue weighted by atomic mass is 10.2. The molecule has 1 aromatic rings. The molecule has 1 N–H and O–H groups in total. The Hall–Kier alpha value is -0.420. The van der Waals surface area contributed by atoms with Gasteiger partial charge in [0.25, 0.3) is 0 Å². The topological polar surface area (TPSA) is 24.5 Å². The highest BCUT2D eigenvalue weighted by Gasteiger charge is 2.09. The third-order valence-electron chi connectivity index (χ3n) is 3.18. The van der Waals surface area contributed by atoms with Gasteiger partial charge >= 0.3 is 0 Å². The van der Waals surface area contributed by atoms with E-state index in [-0.39, 0.29) is 0 Å². The fraction of sp³-hybridized carbons (Fsp3) is 0.714. The normalized spacial score (nSPS) is 13.1. The lowest BCUT2D eigenvalue weighted by Crippen LogP contribution is -2.33. The number of thiophene rings is 1. The Morgan fingerprint density at radius 3 is 2.94 bits per heavy atom. The van der Waals surface area contributed by atoms with E-state index in [1.165, 1.54) is 11.3 Å². The number of methoxy groups -OCH3 is 1. The van der Waals surface area contributed by atoms with Crippen LogP contribution in [0.4, 0.5) is 0 Å². The molecule has 1 atom stereocenters. The van der Waals surface area contributed by atoms with Crippen LogP contribution >= 0.6 is 11.3 Å². The molecular weight excluding hydrogens is 244 g/mol. The maximum absolute atomic E-state index is 4.99. The summed E-state index contributed by atoms with van der Waals surface area (Å²) >= 11 is 1.85. The molecular formula is C14H26N2OS. The minimum Gasteiger partial charge on any atom is -0.383 e. The van der Waals surface area contributed by atoms with Crippen molar-refractivity contribution in [3.8, 4) is 0 Å². The molecule has 3 nitrogen and oxygen atoms in total. The van der Waals surface area contributed by atoms with E-state index in [1.54, 1.807) is 7.11 Å². The van der Waals surface area contributed by atoms with Crippen LogP contribution in [-0.4, -0.2) is 51.3 Å². The Balaban J connectivity index is 2.06. The summed E-state index contributed by atoms with van der Waals surface area (Å²) in [5, 5.41) is 5.53. The van der Waals surface area contributed by atoms with E-state index in [1.807, 2.05) is 11.3 Å². The van der Waals surface area contributed by atoms with Crippen molar-refractivity contribution in [3.05, 3.63) is 22.4 Å². The van der Waals surface area contributed by atoms with Crippen LogP contribution in [0.5, 0.6) is 0 Å². The number of hydrogen-bond acceptors (Lipinski definition) is 4. The van der Waals surface area contributed by atoms with Crippen LogP contribution in [-0.2, 0) is 11.2 Å². The lowest BCUT2D eigenvalue weighted by molar-refractivity contribution is 0.198. The van der Waals surface area contributed by atoms with Crippen molar-refractivity contribution in [2.75, 3.05) is 40.4 Å². The Labute approximate surface area is 115 Å². The maximum atomic E-state index is 4.99. The number of nitrogens with zero attached hydrogens (tertiary/aromatic N) is 1. The van der Waals surface area contributed by atoms with Crippen LogP contribution in [0.1, 0.15) is 18.2 Å². The summed E-state index contributed by atoms with van der Waals surface area (Å²) in [7, 11) is 3.95. The molecule has 0 saturated heterocycles. The third-order valence-corrected chi connectivity index (χ3v) is 4.08. The van der Waals surface area contributed by atoms with Crippen molar-refractivity contribution in [1.82, 2.24) is 10.2 Å². The Kier molecular flexibility index (Phi) is 8.25. The van der Waals surface area contributed by atoms with Gasteiger partial charge in [0.2, 0.25) is 0 Å². The third kappa shape index (κ3) is 6.50. The molecule has 0 aromatic carbocycles. The van der Waals surface area contributed by atoms with Crippen LogP contribution < -0.4 is 5.32 Å². The molecule has 0 radical (unpaired) electrons. The number of likely N-dealkylation sites (N-methyl/N-ethyl adjacent to an activating group) is 1. The van der Waals surface area contributed by atoms with Gasteiger partial charge in [-0.05, 0) is 51.3 Å². The number of ether oxygens (including phenoxy) is 1. The molecule has 0 aliphatic heterocycles. The second-order valence-electron chi connectivity index (χ2n) is 4.71. The van der Waals surface area contributed by atoms with E-state index in [0.29, 0.717) is 6.04 Å². The zero-order valence-corrected chi connectivity index (χ0v) is 12.6. The summed E-state index contributed by atoms with van der Waals surface area (Å²) in [6, 6.07) is 4.97. The zero-order chi connectivity index (χ0) is 13.2. The van der Waals surface area contributed by atoms with Gasteiger partial charge in [-0.2, -0.15) is 0 Å². The molecule has 104 valence electrons. The molecule has 1 heterocycles. The fourth-order valence-electron chi connectivity index (χ4n) is 1.85. The van der Waals surface area contributed by atoms with Crippen molar-refractivity contribution in [2.24, 2.45) is 0 Å². The van der Waals surface area contributed by atoms with E-state index in [4.69, 9.17) is 4.74 Å². The molecule has 0 fully saturated rings. The first kappa shape index (κ1) is 15.6. The summed E-state index contributed by atoms with van der Waals surface area (Å²) in [4.78, 5) is 3.92. The molecule has 0 bridgehead atoms. The summed E-state index contributed by atoms with van der Waals surface area (Å²) in [5.74, 6) is 0. The van der Waals surface area contributed by atoms with Gasteiger partial charge in [-0.15, -0.1) is 11.3 Å². The summed E-state index contributed by atoms with van der Waals surface area (Å²) in [6.45, 7) is 6.26. The van der Waals surface area contributed by atoms with Gasteiger partial charge in [-0.1, -0.05) is 6.07 Å². The largest absolute Gasteiger partial charge is 0.383 e.